The van der Waals surface area contributed by atoms with Gasteiger partial charge in [0, 0.05) is 37.8 Å². The fraction of sp³-hybridized carbons (Fsp3) is 0.632. The minimum Gasteiger partial charge on any atom is -0.372 e. The molecular formula is C19H29N3O3S. The van der Waals surface area contributed by atoms with Crippen LogP contribution in [0.4, 0.5) is 5.69 Å². The second-order valence-corrected chi connectivity index (χ2v) is 9.43. The Balaban J connectivity index is 1.53. The summed E-state index contributed by atoms with van der Waals surface area (Å²) in [6.07, 6.45) is 4.90. The second-order valence-electron chi connectivity index (χ2n) is 7.45. The van der Waals surface area contributed by atoms with Crippen molar-refractivity contribution >= 4 is 21.6 Å². The molecule has 2 aliphatic heterocycles. The largest absolute Gasteiger partial charge is 0.372 e. The first kappa shape index (κ1) is 19.2. The Labute approximate surface area is 156 Å². The number of nitrogens with zero attached hydrogens (tertiary/aromatic N) is 2. The summed E-state index contributed by atoms with van der Waals surface area (Å²) in [5, 5.41) is 3.09. The molecule has 0 unspecified atom stereocenters. The van der Waals surface area contributed by atoms with Crippen LogP contribution < -0.4 is 10.2 Å². The van der Waals surface area contributed by atoms with E-state index in [1.165, 1.54) is 29.1 Å². The second kappa shape index (κ2) is 7.96. The molecule has 1 aromatic carbocycles. The van der Waals surface area contributed by atoms with Crippen molar-refractivity contribution in [2.45, 2.75) is 38.6 Å². The predicted octanol–water partition coefficient (Wildman–Crippen LogP) is 2.14. The molecule has 1 amide bonds. The number of benzene rings is 1. The molecule has 26 heavy (non-hydrogen) atoms. The average molecular weight is 380 g/mol. The first-order valence-corrected chi connectivity index (χ1v) is 11.3. The zero-order valence-corrected chi connectivity index (χ0v) is 16.5. The standard InChI is InChI=1S/C19H29N3O3S/c1-15(16-5-7-18(8-6-16)21-11-3-4-12-21)20-19(23)17-9-13-22(14-10-17)26(2,24)25/h5-8,15,17H,3-4,9-14H2,1-2H3,(H,20,23)/t15-/m0/s1. The van der Waals surface area contributed by atoms with Gasteiger partial charge in [-0.3, -0.25) is 4.79 Å². The third-order valence-electron chi connectivity index (χ3n) is 5.52. The van der Waals surface area contributed by atoms with Gasteiger partial charge in [-0.25, -0.2) is 12.7 Å². The summed E-state index contributed by atoms with van der Waals surface area (Å²) < 4.78 is 24.6. The van der Waals surface area contributed by atoms with E-state index in [1.807, 2.05) is 6.92 Å². The Morgan fingerprint density at radius 1 is 1.08 bits per heavy atom. The molecule has 7 heteroatoms. The van der Waals surface area contributed by atoms with Gasteiger partial charge in [0.25, 0.3) is 0 Å². The lowest BCUT2D eigenvalue weighted by atomic mass is 9.96. The van der Waals surface area contributed by atoms with Crippen LogP contribution in [0.1, 0.15) is 44.2 Å². The molecule has 2 aliphatic rings. The molecule has 3 rings (SSSR count). The van der Waals surface area contributed by atoms with Crippen molar-refractivity contribution in [3.05, 3.63) is 29.8 Å². The summed E-state index contributed by atoms with van der Waals surface area (Å²) in [5.74, 6) is -0.0893. The maximum atomic E-state index is 12.5. The van der Waals surface area contributed by atoms with Gasteiger partial charge in [0.2, 0.25) is 15.9 Å². The van der Waals surface area contributed by atoms with Crippen molar-refractivity contribution in [3.63, 3.8) is 0 Å². The van der Waals surface area contributed by atoms with E-state index in [1.54, 1.807) is 0 Å². The lowest BCUT2D eigenvalue weighted by molar-refractivity contribution is -0.126. The van der Waals surface area contributed by atoms with Crippen molar-refractivity contribution in [1.29, 1.82) is 0 Å². The molecule has 1 N–H and O–H groups in total. The van der Waals surface area contributed by atoms with Crippen LogP contribution >= 0.6 is 0 Å². The molecule has 1 aromatic rings. The van der Waals surface area contributed by atoms with Crippen LogP contribution in [0.5, 0.6) is 0 Å². The topological polar surface area (TPSA) is 69.7 Å². The van der Waals surface area contributed by atoms with E-state index in [9.17, 15) is 13.2 Å². The zero-order chi connectivity index (χ0) is 18.7. The minimum absolute atomic E-state index is 0.0225. The van der Waals surface area contributed by atoms with E-state index < -0.39 is 10.0 Å². The van der Waals surface area contributed by atoms with Crippen LogP contribution in [0.3, 0.4) is 0 Å². The third-order valence-corrected chi connectivity index (χ3v) is 6.82. The highest BCUT2D eigenvalue weighted by Crippen LogP contribution is 2.24. The maximum Gasteiger partial charge on any atom is 0.223 e. The summed E-state index contributed by atoms with van der Waals surface area (Å²) in [5.41, 5.74) is 2.34. The average Bonchev–Trinajstić information content (AvgIpc) is 3.16. The number of carbonyl (C=O) groups is 1. The van der Waals surface area contributed by atoms with E-state index >= 15 is 0 Å². The van der Waals surface area contributed by atoms with E-state index in [4.69, 9.17) is 0 Å². The monoisotopic (exact) mass is 379 g/mol. The molecule has 1 atom stereocenters. The maximum absolute atomic E-state index is 12.5. The lowest BCUT2D eigenvalue weighted by Gasteiger charge is -2.30. The first-order chi connectivity index (χ1) is 12.3. The van der Waals surface area contributed by atoms with Crippen LogP contribution in [-0.4, -0.2) is 51.1 Å². The number of amides is 1. The van der Waals surface area contributed by atoms with Gasteiger partial charge in [0.1, 0.15) is 0 Å². The van der Waals surface area contributed by atoms with E-state index in [0.717, 1.165) is 18.7 Å². The number of hydrogen-bond donors (Lipinski definition) is 1. The molecule has 0 aromatic heterocycles. The molecule has 0 spiro atoms. The van der Waals surface area contributed by atoms with Gasteiger partial charge in [-0.15, -0.1) is 0 Å². The molecule has 0 saturated carbocycles. The molecule has 2 saturated heterocycles. The Morgan fingerprint density at radius 2 is 1.65 bits per heavy atom. The highest BCUT2D eigenvalue weighted by molar-refractivity contribution is 7.88. The van der Waals surface area contributed by atoms with Gasteiger partial charge in [0.15, 0.2) is 0 Å². The fourth-order valence-corrected chi connectivity index (χ4v) is 4.69. The van der Waals surface area contributed by atoms with Gasteiger partial charge in [-0.05, 0) is 50.3 Å². The Kier molecular flexibility index (Phi) is 5.87. The molecule has 0 aliphatic carbocycles. The molecule has 0 bridgehead atoms. The fourth-order valence-electron chi connectivity index (χ4n) is 3.81. The molecule has 0 radical (unpaired) electrons. The lowest BCUT2D eigenvalue weighted by Crippen LogP contribution is -2.43. The highest BCUT2D eigenvalue weighted by Gasteiger charge is 2.29. The molecule has 6 nitrogen and oxygen atoms in total. The van der Waals surface area contributed by atoms with Crippen molar-refractivity contribution in [2.24, 2.45) is 5.92 Å². The zero-order valence-electron chi connectivity index (χ0n) is 15.6. The third kappa shape index (κ3) is 4.57. The Hall–Kier alpha value is -1.60. The number of nitrogens with one attached hydrogen (secondary N) is 1. The van der Waals surface area contributed by atoms with Crippen molar-refractivity contribution in [2.75, 3.05) is 37.3 Å². The number of carbonyl (C=O) groups excluding carboxylic acids is 1. The highest BCUT2D eigenvalue weighted by atomic mass is 32.2. The van der Waals surface area contributed by atoms with Gasteiger partial charge in [0.05, 0.1) is 12.3 Å². The quantitative estimate of drug-likeness (QED) is 0.851. The Bertz CT molecular complexity index is 719. The first-order valence-electron chi connectivity index (χ1n) is 9.45. The van der Waals surface area contributed by atoms with Crippen molar-refractivity contribution in [1.82, 2.24) is 9.62 Å². The Morgan fingerprint density at radius 3 is 2.19 bits per heavy atom. The summed E-state index contributed by atoms with van der Waals surface area (Å²) in [6, 6.07) is 8.39. The van der Waals surface area contributed by atoms with E-state index in [0.29, 0.717) is 25.9 Å². The molecule has 2 fully saturated rings. The summed E-state index contributed by atoms with van der Waals surface area (Å²) >= 11 is 0. The van der Waals surface area contributed by atoms with Gasteiger partial charge >= 0.3 is 0 Å². The van der Waals surface area contributed by atoms with Crippen molar-refractivity contribution < 1.29 is 13.2 Å². The SMILES string of the molecule is C[C@H](NC(=O)C1CCN(S(C)(=O)=O)CC1)c1ccc(N2CCCC2)cc1. The van der Waals surface area contributed by atoms with Crippen molar-refractivity contribution in [3.8, 4) is 0 Å². The number of rotatable bonds is 5. The summed E-state index contributed by atoms with van der Waals surface area (Å²) in [6.45, 7) is 5.09. The van der Waals surface area contributed by atoms with Crippen LogP contribution in [0, 0.1) is 5.92 Å². The molecular weight excluding hydrogens is 350 g/mol. The van der Waals surface area contributed by atoms with E-state index in [-0.39, 0.29) is 17.9 Å². The van der Waals surface area contributed by atoms with Gasteiger partial charge in [-0.1, -0.05) is 12.1 Å². The summed E-state index contributed by atoms with van der Waals surface area (Å²) in [4.78, 5) is 14.9. The smallest absolute Gasteiger partial charge is 0.223 e. The van der Waals surface area contributed by atoms with Crippen LogP contribution in [0.2, 0.25) is 0 Å². The minimum atomic E-state index is -3.15. The number of hydrogen-bond acceptors (Lipinski definition) is 4. The van der Waals surface area contributed by atoms with Gasteiger partial charge in [-0.2, -0.15) is 0 Å². The summed E-state index contributed by atoms with van der Waals surface area (Å²) in [7, 11) is -3.15. The number of sulfonamides is 1. The van der Waals surface area contributed by atoms with Crippen LogP contribution in [0.15, 0.2) is 24.3 Å². The van der Waals surface area contributed by atoms with Crippen LogP contribution in [-0.2, 0) is 14.8 Å². The molecule has 2 heterocycles. The normalized spacial score (nSPS) is 20.9. The molecule has 144 valence electrons. The number of anilines is 1. The number of piperidine rings is 1. The van der Waals surface area contributed by atoms with Gasteiger partial charge < -0.3 is 10.2 Å². The van der Waals surface area contributed by atoms with Crippen LogP contribution in [0.25, 0.3) is 0 Å². The van der Waals surface area contributed by atoms with E-state index in [2.05, 4.69) is 34.5 Å². The predicted molar refractivity (Wildman–Crippen MR) is 104 cm³/mol.